The topological polar surface area (TPSA) is 112 Å². The van der Waals surface area contributed by atoms with Gasteiger partial charge in [0.15, 0.2) is 5.82 Å². The van der Waals surface area contributed by atoms with E-state index in [0.717, 1.165) is 12.0 Å². The number of nitrogens with zero attached hydrogens (tertiary/aromatic N) is 2. The molecule has 0 spiro atoms. The fourth-order valence-electron chi connectivity index (χ4n) is 4.12. The molecule has 1 aliphatic heterocycles. The van der Waals surface area contributed by atoms with Crippen LogP contribution in [0.1, 0.15) is 37.6 Å². The van der Waals surface area contributed by atoms with E-state index in [1.54, 1.807) is 12.3 Å². The number of amides is 1. The van der Waals surface area contributed by atoms with Crippen LogP contribution in [0, 0.1) is 5.92 Å². The van der Waals surface area contributed by atoms with Gasteiger partial charge in [0.1, 0.15) is 11.7 Å². The highest BCUT2D eigenvalue weighted by Gasteiger charge is 2.36. The maximum Gasteiger partial charge on any atom is 0.251 e. The normalized spacial score (nSPS) is 21.2. The van der Waals surface area contributed by atoms with E-state index in [0.29, 0.717) is 23.6 Å². The van der Waals surface area contributed by atoms with E-state index < -0.39 is 0 Å². The molecule has 0 saturated carbocycles. The SMILES string of the molecule is CCC1NNC(C(=O)NC(Cc2cc(=O)[nH]c(-c3ccccn3)n2)c2ccccc2)C1C. The van der Waals surface area contributed by atoms with Crippen molar-refractivity contribution in [1.82, 2.24) is 31.1 Å². The van der Waals surface area contributed by atoms with E-state index in [1.165, 1.54) is 6.07 Å². The van der Waals surface area contributed by atoms with Crippen LogP contribution >= 0.6 is 0 Å². The van der Waals surface area contributed by atoms with Gasteiger partial charge in [0.05, 0.1) is 11.7 Å². The Bertz CT molecular complexity index is 1100. The fraction of sp³-hybridized carbons (Fsp3) is 0.333. The third kappa shape index (κ3) is 4.92. The van der Waals surface area contributed by atoms with Crippen molar-refractivity contribution in [2.24, 2.45) is 5.92 Å². The molecule has 166 valence electrons. The number of hydrazine groups is 1. The number of carbonyl (C=O) groups excluding carboxylic acids is 1. The van der Waals surface area contributed by atoms with E-state index in [4.69, 9.17) is 0 Å². The Kier molecular flexibility index (Phi) is 6.72. The molecule has 4 atom stereocenters. The summed E-state index contributed by atoms with van der Waals surface area (Å²) in [5, 5.41) is 3.17. The van der Waals surface area contributed by atoms with E-state index in [-0.39, 0.29) is 35.5 Å². The van der Waals surface area contributed by atoms with Crippen LogP contribution in [0.15, 0.2) is 65.6 Å². The van der Waals surface area contributed by atoms with E-state index in [2.05, 4.69) is 45.0 Å². The van der Waals surface area contributed by atoms with Crippen LogP contribution in [-0.2, 0) is 11.2 Å². The maximum atomic E-state index is 13.1. The first-order valence-corrected chi connectivity index (χ1v) is 10.9. The first-order chi connectivity index (χ1) is 15.5. The van der Waals surface area contributed by atoms with Gasteiger partial charge in [-0.3, -0.25) is 20.0 Å². The molecule has 32 heavy (non-hydrogen) atoms. The summed E-state index contributed by atoms with van der Waals surface area (Å²) < 4.78 is 0. The lowest BCUT2D eigenvalue weighted by Crippen LogP contribution is -2.46. The summed E-state index contributed by atoms with van der Waals surface area (Å²) >= 11 is 0. The van der Waals surface area contributed by atoms with Gasteiger partial charge in [-0.05, 0) is 30.0 Å². The van der Waals surface area contributed by atoms with E-state index in [1.807, 2.05) is 42.5 Å². The summed E-state index contributed by atoms with van der Waals surface area (Å²) in [5.41, 5.74) is 8.20. The first-order valence-electron chi connectivity index (χ1n) is 10.9. The van der Waals surface area contributed by atoms with Crippen LogP contribution in [0.2, 0.25) is 0 Å². The zero-order valence-corrected chi connectivity index (χ0v) is 18.2. The Morgan fingerprint density at radius 1 is 1.12 bits per heavy atom. The lowest BCUT2D eigenvalue weighted by atomic mass is 9.93. The van der Waals surface area contributed by atoms with Crippen LogP contribution < -0.4 is 21.7 Å². The number of H-pyrrole nitrogens is 1. The lowest BCUT2D eigenvalue weighted by Gasteiger charge is -2.23. The van der Waals surface area contributed by atoms with E-state index in [9.17, 15) is 9.59 Å². The molecule has 0 radical (unpaired) electrons. The average Bonchev–Trinajstić information content (AvgIpc) is 3.20. The fourth-order valence-corrected chi connectivity index (χ4v) is 4.12. The summed E-state index contributed by atoms with van der Waals surface area (Å²) in [6.07, 6.45) is 2.97. The summed E-state index contributed by atoms with van der Waals surface area (Å²) in [4.78, 5) is 37.1. The minimum atomic E-state index is -0.331. The van der Waals surface area contributed by atoms with Gasteiger partial charge in [-0.15, -0.1) is 0 Å². The second kappa shape index (κ2) is 9.84. The molecule has 3 heterocycles. The van der Waals surface area contributed by atoms with Crippen molar-refractivity contribution in [2.75, 3.05) is 0 Å². The molecule has 8 heteroatoms. The number of pyridine rings is 1. The summed E-state index contributed by atoms with van der Waals surface area (Å²) in [6.45, 7) is 4.17. The quantitative estimate of drug-likeness (QED) is 0.455. The first kappa shape index (κ1) is 21.9. The molecule has 4 unspecified atom stereocenters. The second-order valence-corrected chi connectivity index (χ2v) is 8.12. The minimum Gasteiger partial charge on any atom is -0.347 e. The molecule has 1 aromatic carbocycles. The van der Waals surface area contributed by atoms with Gasteiger partial charge in [0, 0.05) is 24.7 Å². The zero-order chi connectivity index (χ0) is 22.5. The van der Waals surface area contributed by atoms with Gasteiger partial charge in [-0.1, -0.05) is 50.2 Å². The Morgan fingerprint density at radius 3 is 2.59 bits per heavy atom. The van der Waals surface area contributed by atoms with Gasteiger partial charge in [-0.2, -0.15) is 0 Å². The van der Waals surface area contributed by atoms with Crippen LogP contribution in [-0.4, -0.2) is 32.9 Å². The van der Waals surface area contributed by atoms with Gasteiger partial charge in [0.2, 0.25) is 5.91 Å². The Hall–Kier alpha value is -3.36. The largest absolute Gasteiger partial charge is 0.347 e. The number of benzene rings is 1. The molecule has 0 bridgehead atoms. The van der Waals surface area contributed by atoms with Gasteiger partial charge >= 0.3 is 0 Å². The van der Waals surface area contributed by atoms with Crippen molar-refractivity contribution < 1.29 is 4.79 Å². The summed E-state index contributed by atoms with van der Waals surface area (Å²) in [7, 11) is 0. The standard InChI is InChI=1S/C24H28N6O2/c1-3-18-15(2)22(30-29-18)24(32)27-20(16-9-5-4-6-10-16)13-17-14-21(31)28-23(26-17)19-11-7-8-12-25-19/h4-12,14-15,18,20,22,29-30H,3,13H2,1-2H3,(H,27,32)(H,26,28,31). The number of carbonyl (C=O) groups is 1. The lowest BCUT2D eigenvalue weighted by molar-refractivity contribution is -0.124. The molecule has 4 rings (SSSR count). The van der Waals surface area contributed by atoms with Gasteiger partial charge < -0.3 is 10.3 Å². The number of hydrogen-bond donors (Lipinski definition) is 4. The monoisotopic (exact) mass is 432 g/mol. The van der Waals surface area contributed by atoms with Gasteiger partial charge in [0.25, 0.3) is 5.56 Å². The average molecular weight is 433 g/mol. The molecule has 3 aromatic rings. The zero-order valence-electron chi connectivity index (χ0n) is 18.2. The number of rotatable bonds is 7. The Labute approximate surface area is 186 Å². The molecule has 1 amide bonds. The third-order valence-electron chi connectivity index (χ3n) is 5.94. The number of aromatic nitrogens is 3. The minimum absolute atomic E-state index is 0.0791. The Balaban J connectivity index is 1.59. The summed E-state index contributed by atoms with van der Waals surface area (Å²) in [6, 6.07) is 16.2. The van der Waals surface area contributed by atoms with Crippen molar-refractivity contribution >= 4 is 5.91 Å². The predicted octanol–water partition coefficient (Wildman–Crippen LogP) is 2.12. The van der Waals surface area contributed by atoms with Crippen molar-refractivity contribution in [3.8, 4) is 11.5 Å². The van der Waals surface area contributed by atoms with Crippen LogP contribution in [0.5, 0.6) is 0 Å². The van der Waals surface area contributed by atoms with E-state index >= 15 is 0 Å². The van der Waals surface area contributed by atoms with Crippen LogP contribution in [0.4, 0.5) is 0 Å². The van der Waals surface area contributed by atoms with Crippen molar-refractivity contribution in [3.63, 3.8) is 0 Å². The second-order valence-electron chi connectivity index (χ2n) is 8.12. The molecule has 8 nitrogen and oxygen atoms in total. The van der Waals surface area contributed by atoms with Gasteiger partial charge in [-0.25, -0.2) is 10.4 Å². The molecular weight excluding hydrogens is 404 g/mol. The number of hydrogen-bond acceptors (Lipinski definition) is 6. The number of nitrogens with one attached hydrogen (secondary N) is 4. The summed E-state index contributed by atoms with van der Waals surface area (Å²) in [5.74, 6) is 0.488. The number of aromatic amines is 1. The van der Waals surface area contributed by atoms with Crippen molar-refractivity contribution in [2.45, 2.75) is 44.8 Å². The molecular formula is C24H28N6O2. The molecule has 1 fully saturated rings. The predicted molar refractivity (Wildman–Crippen MR) is 122 cm³/mol. The van der Waals surface area contributed by atoms with Crippen molar-refractivity contribution in [1.29, 1.82) is 0 Å². The van der Waals surface area contributed by atoms with Crippen LogP contribution in [0.25, 0.3) is 11.5 Å². The molecule has 2 aromatic heterocycles. The molecule has 1 aliphatic rings. The molecule has 4 N–H and O–H groups in total. The molecule has 1 saturated heterocycles. The van der Waals surface area contributed by atoms with Crippen LogP contribution in [0.3, 0.4) is 0 Å². The smallest absolute Gasteiger partial charge is 0.251 e. The highest BCUT2D eigenvalue weighted by molar-refractivity contribution is 5.83. The highest BCUT2D eigenvalue weighted by atomic mass is 16.2. The van der Waals surface area contributed by atoms with Crippen molar-refractivity contribution in [3.05, 3.63) is 82.4 Å². The molecule has 0 aliphatic carbocycles. The Morgan fingerprint density at radius 2 is 1.91 bits per heavy atom. The highest BCUT2D eigenvalue weighted by Crippen LogP contribution is 2.21. The maximum absolute atomic E-state index is 13.1. The third-order valence-corrected chi connectivity index (χ3v) is 5.94.